The van der Waals surface area contributed by atoms with Gasteiger partial charge in [-0.3, -0.25) is 4.79 Å². The number of aromatic nitrogens is 2. The third-order valence-corrected chi connectivity index (χ3v) is 5.79. The number of carbonyl (C=O) groups excluding carboxylic acids is 2. The normalized spacial score (nSPS) is 18.9. The summed E-state index contributed by atoms with van der Waals surface area (Å²) in [7, 11) is 0. The first-order chi connectivity index (χ1) is 16.1. The molecule has 0 aliphatic carbocycles. The number of imide groups is 1. The molecule has 4 aromatic rings. The maximum absolute atomic E-state index is 13.9. The molecule has 33 heavy (non-hydrogen) atoms. The van der Waals surface area contributed by atoms with Crippen molar-refractivity contribution in [3.63, 3.8) is 0 Å². The fourth-order valence-electron chi connectivity index (χ4n) is 4.03. The summed E-state index contributed by atoms with van der Waals surface area (Å²) in [5.74, 6) is -0.265. The van der Waals surface area contributed by atoms with Crippen molar-refractivity contribution >= 4 is 12.0 Å². The van der Waals surface area contributed by atoms with Gasteiger partial charge in [-0.05, 0) is 18.1 Å². The van der Waals surface area contributed by atoms with Crippen LogP contribution in [0.1, 0.15) is 30.0 Å². The van der Waals surface area contributed by atoms with Crippen LogP contribution < -0.4 is 0 Å². The lowest BCUT2D eigenvalue weighted by molar-refractivity contribution is -0.140. The van der Waals surface area contributed by atoms with Gasteiger partial charge in [-0.25, -0.2) is 9.69 Å². The molecule has 2 heterocycles. The molecule has 0 N–H and O–H groups in total. The lowest BCUT2D eigenvalue weighted by atomic mass is 9.92. The van der Waals surface area contributed by atoms with Gasteiger partial charge in [0, 0.05) is 12.0 Å². The fraction of sp³-hybridized carbons (Fsp3) is 0.154. The minimum Gasteiger partial charge on any atom is -0.422 e. The van der Waals surface area contributed by atoms with Gasteiger partial charge in [-0.2, -0.15) is 4.98 Å². The van der Waals surface area contributed by atoms with E-state index in [-0.39, 0.29) is 12.3 Å². The lowest BCUT2D eigenvalue weighted by Crippen LogP contribution is -2.41. The van der Waals surface area contributed by atoms with Crippen molar-refractivity contribution in [1.82, 2.24) is 15.0 Å². The number of nitrogens with zero attached hydrogens (tertiary/aromatic N) is 3. The van der Waals surface area contributed by atoms with E-state index in [0.29, 0.717) is 5.82 Å². The summed E-state index contributed by atoms with van der Waals surface area (Å²) in [6, 6.07) is 27.4. The van der Waals surface area contributed by atoms with Gasteiger partial charge in [0.25, 0.3) is 17.4 Å². The Morgan fingerprint density at radius 3 is 2.15 bits per heavy atom. The van der Waals surface area contributed by atoms with E-state index in [1.54, 1.807) is 6.92 Å². The molecule has 0 spiro atoms. The number of amides is 2. The molecule has 0 saturated carbocycles. The lowest BCUT2D eigenvalue weighted by Gasteiger charge is -2.23. The number of hydrogen-bond donors (Lipinski definition) is 0. The predicted octanol–water partition coefficient (Wildman–Crippen LogP) is 4.91. The first-order valence-corrected chi connectivity index (χ1v) is 10.6. The van der Waals surface area contributed by atoms with Crippen molar-refractivity contribution in [3.05, 3.63) is 108 Å². The Kier molecular flexibility index (Phi) is 5.22. The number of ether oxygens (including phenoxy) is 1. The molecule has 7 nitrogen and oxygen atoms in total. The minimum atomic E-state index is -1.75. The molecule has 0 radical (unpaired) electrons. The SMILES string of the molecule is C[C@H](c1ccccc1)N1C(=O)O[C@](Cc2ccccc2)(c2nc(-c3ccccc3)no2)C1=O. The molecule has 5 rings (SSSR count). The molecule has 1 aliphatic heterocycles. The number of cyclic esters (lactones) is 1. The largest absolute Gasteiger partial charge is 0.422 e. The molecule has 3 aromatic carbocycles. The smallest absolute Gasteiger partial charge is 0.418 e. The summed E-state index contributed by atoms with van der Waals surface area (Å²) in [5.41, 5.74) is 0.594. The van der Waals surface area contributed by atoms with Gasteiger partial charge in [0.05, 0.1) is 6.04 Å². The van der Waals surface area contributed by atoms with Crippen molar-refractivity contribution in [3.8, 4) is 11.4 Å². The topological polar surface area (TPSA) is 85.5 Å². The maximum atomic E-state index is 13.9. The van der Waals surface area contributed by atoms with Crippen molar-refractivity contribution < 1.29 is 18.8 Å². The van der Waals surface area contributed by atoms with Crippen LogP contribution >= 0.6 is 0 Å². The average Bonchev–Trinajstić information content (AvgIpc) is 3.44. The highest BCUT2D eigenvalue weighted by Gasteiger charge is 2.60. The van der Waals surface area contributed by atoms with Crippen LogP contribution in [-0.4, -0.2) is 27.0 Å². The zero-order chi connectivity index (χ0) is 22.8. The van der Waals surface area contributed by atoms with E-state index < -0.39 is 23.6 Å². The summed E-state index contributed by atoms with van der Waals surface area (Å²) in [6.07, 6.45) is -0.668. The number of benzene rings is 3. The quantitative estimate of drug-likeness (QED) is 0.424. The highest BCUT2D eigenvalue weighted by atomic mass is 16.6. The number of rotatable bonds is 6. The van der Waals surface area contributed by atoms with Gasteiger partial charge in [-0.1, -0.05) is 96.2 Å². The molecule has 1 saturated heterocycles. The molecule has 1 aromatic heterocycles. The average molecular weight is 439 g/mol. The first-order valence-electron chi connectivity index (χ1n) is 10.6. The van der Waals surface area contributed by atoms with Gasteiger partial charge in [0.2, 0.25) is 5.82 Å². The second-order valence-corrected chi connectivity index (χ2v) is 7.91. The van der Waals surface area contributed by atoms with Gasteiger partial charge >= 0.3 is 6.09 Å². The Morgan fingerprint density at radius 1 is 0.879 bits per heavy atom. The molecular weight excluding hydrogens is 418 g/mol. The molecule has 164 valence electrons. The van der Waals surface area contributed by atoms with Crippen LogP contribution in [0.15, 0.2) is 95.5 Å². The van der Waals surface area contributed by atoms with Crippen LogP contribution in [0.3, 0.4) is 0 Å². The van der Waals surface area contributed by atoms with E-state index in [0.717, 1.165) is 21.6 Å². The standard InChI is InChI=1S/C26H21N3O4/c1-18(20-13-7-3-8-14-20)29-24(30)26(32-25(29)31,17-19-11-5-2-6-12-19)23-27-22(28-33-23)21-15-9-4-10-16-21/h2-16,18H,17H2,1H3/t18-,26-/m1/s1. The summed E-state index contributed by atoms with van der Waals surface area (Å²) in [6.45, 7) is 1.79. The van der Waals surface area contributed by atoms with Gasteiger partial charge in [0.1, 0.15) is 0 Å². The Bertz CT molecular complexity index is 1270. The molecule has 7 heteroatoms. The Balaban J connectivity index is 1.58. The Labute approximate surface area is 190 Å². The van der Waals surface area contributed by atoms with E-state index in [1.807, 2.05) is 91.0 Å². The first kappa shape index (κ1) is 20.6. The van der Waals surface area contributed by atoms with Crippen LogP contribution in [0.5, 0.6) is 0 Å². The maximum Gasteiger partial charge on any atom is 0.418 e. The Morgan fingerprint density at radius 2 is 1.48 bits per heavy atom. The van der Waals surface area contributed by atoms with Crippen LogP contribution in [-0.2, 0) is 21.6 Å². The van der Waals surface area contributed by atoms with Crippen LogP contribution in [0.2, 0.25) is 0 Å². The van der Waals surface area contributed by atoms with Crippen LogP contribution in [0.4, 0.5) is 4.79 Å². The third-order valence-electron chi connectivity index (χ3n) is 5.79. The van der Waals surface area contributed by atoms with Crippen molar-refractivity contribution in [2.24, 2.45) is 0 Å². The summed E-state index contributed by atoms with van der Waals surface area (Å²) in [4.78, 5) is 32.5. The second kappa shape index (κ2) is 8.35. The zero-order valence-electron chi connectivity index (χ0n) is 17.9. The molecule has 0 bridgehead atoms. The summed E-state index contributed by atoms with van der Waals surface area (Å²) in [5, 5.41) is 4.06. The van der Waals surface area contributed by atoms with Crippen molar-refractivity contribution in [2.75, 3.05) is 0 Å². The number of hydrogen-bond acceptors (Lipinski definition) is 6. The summed E-state index contributed by atoms with van der Waals surface area (Å²) < 4.78 is 11.3. The van der Waals surface area contributed by atoms with Crippen LogP contribution in [0.25, 0.3) is 11.4 Å². The van der Waals surface area contributed by atoms with Gasteiger partial charge < -0.3 is 9.26 Å². The van der Waals surface area contributed by atoms with E-state index in [4.69, 9.17) is 9.26 Å². The zero-order valence-corrected chi connectivity index (χ0v) is 17.9. The highest BCUT2D eigenvalue weighted by molar-refractivity contribution is 6.03. The predicted molar refractivity (Wildman–Crippen MR) is 120 cm³/mol. The molecule has 2 amide bonds. The monoisotopic (exact) mass is 439 g/mol. The molecule has 2 atom stereocenters. The van der Waals surface area contributed by atoms with E-state index >= 15 is 0 Å². The molecule has 0 unspecified atom stereocenters. The Hall–Kier alpha value is -4.26. The third kappa shape index (κ3) is 3.67. The molecular formula is C26H21N3O4. The number of carbonyl (C=O) groups is 2. The van der Waals surface area contributed by atoms with Crippen molar-refractivity contribution in [1.29, 1.82) is 0 Å². The summed E-state index contributed by atoms with van der Waals surface area (Å²) >= 11 is 0. The van der Waals surface area contributed by atoms with E-state index in [9.17, 15) is 9.59 Å². The fourth-order valence-corrected chi connectivity index (χ4v) is 4.03. The van der Waals surface area contributed by atoms with E-state index in [2.05, 4.69) is 10.1 Å². The van der Waals surface area contributed by atoms with Gasteiger partial charge in [0.15, 0.2) is 0 Å². The van der Waals surface area contributed by atoms with Crippen LogP contribution in [0, 0.1) is 0 Å². The van der Waals surface area contributed by atoms with Crippen molar-refractivity contribution in [2.45, 2.75) is 25.0 Å². The molecule has 1 fully saturated rings. The second-order valence-electron chi connectivity index (χ2n) is 7.91. The minimum absolute atomic E-state index is 0.0497. The van der Waals surface area contributed by atoms with Gasteiger partial charge in [-0.15, -0.1) is 0 Å². The highest BCUT2D eigenvalue weighted by Crippen LogP contribution is 2.41. The van der Waals surface area contributed by atoms with E-state index in [1.165, 1.54) is 0 Å². The molecule has 1 aliphatic rings.